The fraction of sp³-hybridized carbons (Fsp3) is 0.241. The van der Waals surface area contributed by atoms with E-state index in [4.69, 9.17) is 25.8 Å². The third-order valence-electron chi connectivity index (χ3n) is 5.97. The second-order valence-electron chi connectivity index (χ2n) is 8.68. The number of nitrogens with one attached hydrogen (secondary N) is 2. The lowest BCUT2D eigenvalue weighted by molar-refractivity contribution is -0.121. The topological polar surface area (TPSA) is 115 Å². The zero-order chi connectivity index (χ0) is 27.6. The van der Waals surface area contributed by atoms with Crippen molar-refractivity contribution in [2.75, 3.05) is 20.8 Å². The van der Waals surface area contributed by atoms with Crippen molar-refractivity contribution in [3.8, 4) is 28.6 Å². The maximum atomic E-state index is 12.6. The second-order valence-corrected chi connectivity index (χ2v) is 9.12. The molecule has 0 atom stereocenters. The number of benzene rings is 3. The molecule has 1 amide bonds. The molecule has 10 heteroatoms. The lowest BCUT2D eigenvalue weighted by Gasteiger charge is -2.12. The number of H-pyrrole nitrogens is 1. The lowest BCUT2D eigenvalue weighted by atomic mass is 10.1. The Hall–Kier alpha value is -4.37. The monoisotopic (exact) mass is 548 g/mol. The Balaban J connectivity index is 1.31. The number of hydrogen-bond acceptors (Lipinski definition) is 7. The number of carbonyl (C=O) groups is 1. The van der Waals surface area contributed by atoms with Gasteiger partial charge in [-0.05, 0) is 60.0 Å². The minimum atomic E-state index is -0.397. The number of aromatic amines is 1. The molecule has 0 bridgehead atoms. The number of aryl methyl sites for hydroxylation is 1. The molecule has 2 N–H and O–H groups in total. The smallest absolute Gasteiger partial charge is 0.273 e. The molecule has 0 fully saturated rings. The fourth-order valence-electron chi connectivity index (χ4n) is 3.83. The number of halogens is 1. The van der Waals surface area contributed by atoms with Crippen LogP contribution in [0.1, 0.15) is 23.2 Å². The van der Waals surface area contributed by atoms with Crippen molar-refractivity contribution >= 4 is 17.5 Å². The predicted octanol–water partition coefficient (Wildman–Crippen LogP) is 4.37. The first kappa shape index (κ1) is 27.7. The van der Waals surface area contributed by atoms with Crippen molar-refractivity contribution in [2.45, 2.75) is 25.9 Å². The van der Waals surface area contributed by atoms with Crippen LogP contribution < -0.4 is 25.1 Å². The van der Waals surface area contributed by atoms with Gasteiger partial charge in [0.1, 0.15) is 18.1 Å². The Morgan fingerprint density at radius 2 is 1.74 bits per heavy atom. The number of amides is 1. The third kappa shape index (κ3) is 7.81. The first-order valence-corrected chi connectivity index (χ1v) is 12.7. The van der Waals surface area contributed by atoms with E-state index in [0.29, 0.717) is 41.7 Å². The van der Waals surface area contributed by atoms with E-state index in [1.165, 1.54) is 7.11 Å². The van der Waals surface area contributed by atoms with Crippen molar-refractivity contribution in [1.82, 2.24) is 20.5 Å². The largest absolute Gasteiger partial charge is 0.497 e. The van der Waals surface area contributed by atoms with Gasteiger partial charge in [-0.1, -0.05) is 35.9 Å². The molecule has 0 unspecified atom stereocenters. The van der Waals surface area contributed by atoms with Crippen LogP contribution in [0.3, 0.4) is 0 Å². The van der Waals surface area contributed by atoms with Gasteiger partial charge >= 0.3 is 0 Å². The van der Waals surface area contributed by atoms with Gasteiger partial charge in [0, 0.05) is 30.0 Å². The van der Waals surface area contributed by atoms with Crippen LogP contribution in [-0.4, -0.2) is 41.9 Å². The quantitative estimate of drug-likeness (QED) is 0.270. The Morgan fingerprint density at radius 3 is 2.46 bits per heavy atom. The van der Waals surface area contributed by atoms with Crippen LogP contribution in [0.15, 0.2) is 71.5 Å². The molecule has 9 nitrogen and oxygen atoms in total. The Kier molecular flexibility index (Phi) is 9.53. The Morgan fingerprint density at radius 1 is 0.923 bits per heavy atom. The average molecular weight is 549 g/mol. The molecule has 3 aromatic carbocycles. The summed E-state index contributed by atoms with van der Waals surface area (Å²) in [4.78, 5) is 27.6. The highest BCUT2D eigenvalue weighted by Gasteiger charge is 2.13. The standard InChI is InChI=1S/C29H29ClN4O5/c1-37-23-9-6-19(7-10-23)14-15-31-27(35)13-11-24-29(36)32-28(34-33-24)21-8-12-25(26(17-21)38-2)39-18-20-4-3-5-22(30)16-20/h3-10,12,16-17H,11,13-15,18H2,1-2H3,(H,31,35)(H,32,34,36). The molecule has 1 heterocycles. The highest BCUT2D eigenvalue weighted by atomic mass is 35.5. The molecular weight excluding hydrogens is 520 g/mol. The summed E-state index contributed by atoms with van der Waals surface area (Å²) in [5.41, 5.74) is 2.41. The number of aromatic nitrogens is 3. The summed E-state index contributed by atoms with van der Waals surface area (Å²) in [7, 11) is 3.15. The van der Waals surface area contributed by atoms with Crippen LogP contribution in [0.4, 0.5) is 0 Å². The molecule has 0 radical (unpaired) electrons. The molecule has 0 saturated heterocycles. The average Bonchev–Trinajstić information content (AvgIpc) is 2.95. The van der Waals surface area contributed by atoms with Gasteiger partial charge in [-0.15, -0.1) is 10.2 Å². The number of ether oxygens (including phenoxy) is 3. The molecule has 39 heavy (non-hydrogen) atoms. The van der Waals surface area contributed by atoms with E-state index in [9.17, 15) is 9.59 Å². The van der Waals surface area contributed by atoms with Crippen molar-refractivity contribution in [3.63, 3.8) is 0 Å². The van der Waals surface area contributed by atoms with Crippen molar-refractivity contribution in [1.29, 1.82) is 0 Å². The zero-order valence-electron chi connectivity index (χ0n) is 21.7. The molecule has 4 aromatic rings. The normalized spacial score (nSPS) is 10.6. The molecule has 0 aliphatic rings. The van der Waals surface area contributed by atoms with E-state index in [-0.39, 0.29) is 30.3 Å². The van der Waals surface area contributed by atoms with Crippen LogP contribution in [-0.2, 0) is 24.2 Å². The molecule has 1 aromatic heterocycles. The van der Waals surface area contributed by atoms with Gasteiger partial charge in [-0.2, -0.15) is 0 Å². The first-order chi connectivity index (χ1) is 18.9. The van der Waals surface area contributed by atoms with Gasteiger partial charge in [0.15, 0.2) is 17.3 Å². The number of hydrogen-bond donors (Lipinski definition) is 2. The van der Waals surface area contributed by atoms with E-state index in [1.807, 2.05) is 42.5 Å². The highest BCUT2D eigenvalue weighted by Crippen LogP contribution is 2.31. The summed E-state index contributed by atoms with van der Waals surface area (Å²) >= 11 is 6.04. The predicted molar refractivity (Wildman–Crippen MR) is 148 cm³/mol. The molecule has 202 valence electrons. The van der Waals surface area contributed by atoms with E-state index < -0.39 is 5.56 Å². The fourth-order valence-corrected chi connectivity index (χ4v) is 4.05. The number of methoxy groups -OCH3 is 2. The van der Waals surface area contributed by atoms with Crippen LogP contribution in [0.25, 0.3) is 11.4 Å². The molecule has 0 aliphatic carbocycles. The highest BCUT2D eigenvalue weighted by molar-refractivity contribution is 6.30. The summed E-state index contributed by atoms with van der Waals surface area (Å²) in [6, 6.07) is 20.3. The number of rotatable bonds is 12. The second kappa shape index (κ2) is 13.4. The van der Waals surface area contributed by atoms with Crippen LogP contribution in [0, 0.1) is 0 Å². The summed E-state index contributed by atoms with van der Waals surface area (Å²) in [5, 5.41) is 11.7. The number of carbonyl (C=O) groups excluding carboxylic acids is 1. The molecule has 0 aliphatic heterocycles. The van der Waals surface area contributed by atoms with Crippen molar-refractivity contribution in [3.05, 3.63) is 98.9 Å². The van der Waals surface area contributed by atoms with E-state index >= 15 is 0 Å². The van der Waals surface area contributed by atoms with Crippen molar-refractivity contribution < 1.29 is 19.0 Å². The van der Waals surface area contributed by atoms with Gasteiger partial charge in [-0.25, -0.2) is 0 Å². The SMILES string of the molecule is COc1ccc(CCNC(=O)CCc2nnc(-c3ccc(OCc4cccc(Cl)c4)c(OC)c3)[nH]c2=O)cc1. The summed E-state index contributed by atoms with van der Waals surface area (Å²) in [6.45, 7) is 0.809. The summed E-state index contributed by atoms with van der Waals surface area (Å²) in [6.07, 6.45) is 1.00. The van der Waals surface area contributed by atoms with Gasteiger partial charge in [0.25, 0.3) is 5.56 Å². The Bertz CT molecular complexity index is 1470. The van der Waals surface area contributed by atoms with E-state index in [0.717, 1.165) is 16.9 Å². The molecular formula is C29H29ClN4O5. The molecule has 0 spiro atoms. The van der Waals surface area contributed by atoms with Gasteiger partial charge in [0.2, 0.25) is 5.91 Å². The molecule has 4 rings (SSSR count). The van der Waals surface area contributed by atoms with Gasteiger partial charge in [0.05, 0.1) is 14.2 Å². The zero-order valence-corrected chi connectivity index (χ0v) is 22.5. The summed E-state index contributed by atoms with van der Waals surface area (Å²) in [5.74, 6) is 1.92. The van der Waals surface area contributed by atoms with Gasteiger partial charge in [-0.3, -0.25) is 9.59 Å². The number of nitrogens with zero attached hydrogens (tertiary/aromatic N) is 2. The van der Waals surface area contributed by atoms with Crippen molar-refractivity contribution in [2.24, 2.45) is 0 Å². The lowest BCUT2D eigenvalue weighted by Crippen LogP contribution is -2.27. The summed E-state index contributed by atoms with van der Waals surface area (Å²) < 4.78 is 16.5. The minimum Gasteiger partial charge on any atom is -0.497 e. The van der Waals surface area contributed by atoms with Gasteiger partial charge < -0.3 is 24.5 Å². The van der Waals surface area contributed by atoms with Crippen LogP contribution in [0.2, 0.25) is 5.02 Å². The minimum absolute atomic E-state index is 0.131. The maximum absolute atomic E-state index is 12.6. The maximum Gasteiger partial charge on any atom is 0.273 e. The first-order valence-electron chi connectivity index (χ1n) is 12.4. The Labute approximate surface area is 231 Å². The van der Waals surface area contributed by atoms with E-state index in [1.54, 1.807) is 31.4 Å². The molecule has 0 saturated carbocycles. The van der Waals surface area contributed by atoms with E-state index in [2.05, 4.69) is 20.5 Å². The van der Waals surface area contributed by atoms with Crippen LogP contribution >= 0.6 is 11.6 Å². The third-order valence-corrected chi connectivity index (χ3v) is 6.20. The van der Waals surface area contributed by atoms with Crippen LogP contribution in [0.5, 0.6) is 17.2 Å².